The normalized spacial score (nSPS) is 13.9. The standard InChI is InChI=1S/C7H8O2.3CO.Mn/c1-5-2-3-6(4-5)7(8)9;3*1-2;/h2-4,6H,1H3,(H,8,9);;;;. The van der Waals surface area contributed by atoms with Crippen LogP contribution in [0.15, 0.2) is 23.8 Å². The van der Waals surface area contributed by atoms with Crippen molar-refractivity contribution in [2.45, 2.75) is 6.92 Å². The summed E-state index contributed by atoms with van der Waals surface area (Å²) >= 11 is 0. The van der Waals surface area contributed by atoms with E-state index >= 15 is 0 Å². The molecule has 0 aromatic heterocycles. The molecule has 0 spiro atoms. The Bertz CT molecular complexity index is 284. The van der Waals surface area contributed by atoms with Gasteiger partial charge in [-0.05, 0) is 6.92 Å². The van der Waals surface area contributed by atoms with Crippen LogP contribution in [0.4, 0.5) is 0 Å². The predicted octanol–water partition coefficient (Wildman–Crippen LogP) is 1.09. The average molecular weight is 263 g/mol. The largest absolute Gasteiger partial charge is 0 e. The first-order valence-electron chi connectivity index (χ1n) is 3.41. The van der Waals surface area contributed by atoms with Crippen LogP contribution in [-0.2, 0) is 35.8 Å². The first-order valence-corrected chi connectivity index (χ1v) is 3.41. The summed E-state index contributed by atoms with van der Waals surface area (Å²) in [5, 5.41) is 8.44. The van der Waals surface area contributed by atoms with E-state index in [1.807, 2.05) is 13.0 Å². The summed E-state index contributed by atoms with van der Waals surface area (Å²) in [6.45, 7) is 15.4. The average Bonchev–Trinajstić information content (AvgIpc) is 2.74. The van der Waals surface area contributed by atoms with E-state index in [4.69, 9.17) is 19.1 Å². The van der Waals surface area contributed by atoms with E-state index in [1.54, 1.807) is 12.2 Å². The van der Waals surface area contributed by atoms with Crippen molar-refractivity contribution in [2.75, 3.05) is 0 Å². The molecule has 1 N–H and O–H groups in total. The molecule has 1 atom stereocenters. The van der Waals surface area contributed by atoms with Crippen molar-refractivity contribution in [1.82, 2.24) is 0 Å². The molecule has 1 aliphatic carbocycles. The monoisotopic (exact) mass is 263 g/mol. The zero-order valence-electron chi connectivity index (χ0n) is 8.27. The van der Waals surface area contributed by atoms with Crippen LogP contribution in [0.5, 0.6) is 0 Å². The Balaban J connectivity index is -0.0000000900. The Morgan fingerprint density at radius 1 is 1.25 bits per heavy atom. The summed E-state index contributed by atoms with van der Waals surface area (Å²) in [6.07, 6.45) is 5.22. The number of carbonyl (C=O) groups is 1. The van der Waals surface area contributed by atoms with Crippen LogP contribution in [0, 0.1) is 25.9 Å². The minimum Gasteiger partial charge on any atom is 0 e. The maximum absolute atomic E-state index is 10.3. The SMILES string of the molecule is CC1=CC(C(=O)O)C=C1.[C-]#[O+].[C-]#[O+].[C-]#[O+].[Mn]. The number of rotatable bonds is 1. The third kappa shape index (κ3) is 12.7. The van der Waals surface area contributed by atoms with Crippen LogP contribution < -0.4 is 0 Å². The molecular formula is C10H8MnO5. The van der Waals surface area contributed by atoms with Crippen LogP contribution in [0.2, 0.25) is 0 Å². The minimum atomic E-state index is -0.775. The van der Waals surface area contributed by atoms with Gasteiger partial charge in [-0.3, -0.25) is 4.79 Å². The van der Waals surface area contributed by atoms with Crippen LogP contribution in [0.1, 0.15) is 6.92 Å². The molecule has 85 valence electrons. The van der Waals surface area contributed by atoms with Gasteiger partial charge in [0.2, 0.25) is 0 Å². The van der Waals surface area contributed by atoms with E-state index in [-0.39, 0.29) is 23.0 Å². The molecule has 5 nitrogen and oxygen atoms in total. The van der Waals surface area contributed by atoms with Gasteiger partial charge in [0, 0.05) is 17.1 Å². The quantitative estimate of drug-likeness (QED) is 0.435. The predicted molar refractivity (Wildman–Crippen MR) is 45.8 cm³/mol. The second-order valence-electron chi connectivity index (χ2n) is 2.13. The number of carboxylic acids is 1. The van der Waals surface area contributed by atoms with Crippen molar-refractivity contribution in [3.63, 3.8) is 0 Å². The van der Waals surface area contributed by atoms with Crippen LogP contribution >= 0.6 is 0 Å². The van der Waals surface area contributed by atoms with Crippen molar-refractivity contribution in [3.05, 3.63) is 43.8 Å². The molecular weight excluding hydrogens is 255 g/mol. The first-order chi connectivity index (χ1) is 7.20. The second kappa shape index (κ2) is 19.3. The number of allylic oxidation sites excluding steroid dienone is 2. The van der Waals surface area contributed by atoms with Gasteiger partial charge in [-0.1, -0.05) is 23.8 Å². The molecule has 1 unspecified atom stereocenters. The minimum absolute atomic E-state index is 0. The van der Waals surface area contributed by atoms with E-state index in [2.05, 4.69) is 20.0 Å². The van der Waals surface area contributed by atoms with Crippen molar-refractivity contribution in [1.29, 1.82) is 0 Å². The van der Waals surface area contributed by atoms with E-state index in [0.717, 1.165) is 5.57 Å². The molecule has 0 aromatic rings. The van der Waals surface area contributed by atoms with Gasteiger partial charge in [0.25, 0.3) is 0 Å². The van der Waals surface area contributed by atoms with Gasteiger partial charge in [0.1, 0.15) is 0 Å². The van der Waals surface area contributed by atoms with Gasteiger partial charge in [-0.2, -0.15) is 0 Å². The van der Waals surface area contributed by atoms with Gasteiger partial charge in [-0.15, -0.1) is 0 Å². The van der Waals surface area contributed by atoms with Crippen LogP contribution in [0.3, 0.4) is 0 Å². The van der Waals surface area contributed by atoms with Crippen molar-refractivity contribution in [3.8, 4) is 0 Å². The van der Waals surface area contributed by atoms with Crippen molar-refractivity contribution < 1.29 is 40.9 Å². The number of carboxylic acid groups (broad SMARTS) is 1. The van der Waals surface area contributed by atoms with Gasteiger partial charge < -0.3 is 5.11 Å². The zero-order chi connectivity index (χ0) is 12.9. The third-order valence-corrected chi connectivity index (χ3v) is 1.29. The molecule has 6 heteroatoms. The first kappa shape index (κ1) is 24.1. The van der Waals surface area contributed by atoms with E-state index in [1.165, 1.54) is 0 Å². The Morgan fingerprint density at radius 2 is 1.62 bits per heavy atom. The zero-order valence-corrected chi connectivity index (χ0v) is 9.45. The van der Waals surface area contributed by atoms with Gasteiger partial charge in [-0.25, -0.2) is 0 Å². The molecule has 0 saturated heterocycles. The number of hydrogen-bond acceptors (Lipinski definition) is 1. The Hall–Kier alpha value is -1.31. The molecule has 1 radical (unpaired) electrons. The molecule has 0 heterocycles. The Kier molecular flexibility index (Phi) is 29.0. The topological polar surface area (TPSA) is 97.0 Å². The fraction of sp³-hybridized carbons (Fsp3) is 0.200. The molecule has 0 saturated carbocycles. The molecule has 0 amide bonds. The van der Waals surface area contributed by atoms with Gasteiger partial charge in [0.15, 0.2) is 0 Å². The fourth-order valence-electron chi connectivity index (χ4n) is 0.803. The molecule has 0 bridgehead atoms. The van der Waals surface area contributed by atoms with Crippen molar-refractivity contribution >= 4 is 5.97 Å². The Labute approximate surface area is 104 Å². The summed E-state index contributed by atoms with van der Waals surface area (Å²) in [4.78, 5) is 10.3. The molecule has 0 aliphatic heterocycles. The molecule has 1 rings (SSSR count). The summed E-state index contributed by atoms with van der Waals surface area (Å²) in [5.41, 5.74) is 1.03. The van der Waals surface area contributed by atoms with Crippen LogP contribution in [-0.4, -0.2) is 11.1 Å². The summed E-state index contributed by atoms with van der Waals surface area (Å²) in [7, 11) is 0. The molecule has 0 aromatic carbocycles. The van der Waals surface area contributed by atoms with Gasteiger partial charge in [0.05, 0.1) is 5.92 Å². The maximum atomic E-state index is 10.3. The summed E-state index contributed by atoms with van der Waals surface area (Å²) < 4.78 is 22.5. The number of aliphatic carboxylic acids is 1. The van der Waals surface area contributed by atoms with E-state index in [0.29, 0.717) is 0 Å². The second-order valence-corrected chi connectivity index (χ2v) is 2.13. The van der Waals surface area contributed by atoms with E-state index in [9.17, 15) is 4.79 Å². The smallest absolute Gasteiger partial charge is 0 e. The fourth-order valence-corrected chi connectivity index (χ4v) is 0.803. The molecule has 0 fully saturated rings. The summed E-state index contributed by atoms with van der Waals surface area (Å²) in [5.74, 6) is -1.16. The van der Waals surface area contributed by atoms with Gasteiger partial charge >= 0.3 is 39.9 Å². The van der Waals surface area contributed by atoms with Crippen LogP contribution in [0.25, 0.3) is 0 Å². The maximum Gasteiger partial charge on any atom is 0 e. The third-order valence-electron chi connectivity index (χ3n) is 1.29. The summed E-state index contributed by atoms with van der Waals surface area (Å²) in [6, 6.07) is 0. The molecule has 1 aliphatic rings. The molecule has 16 heavy (non-hydrogen) atoms. The van der Waals surface area contributed by atoms with Crippen molar-refractivity contribution in [2.24, 2.45) is 5.92 Å². The Morgan fingerprint density at radius 3 is 1.75 bits per heavy atom. The van der Waals surface area contributed by atoms with E-state index < -0.39 is 5.97 Å². The number of hydrogen-bond donors (Lipinski definition) is 1.